The van der Waals surface area contributed by atoms with Gasteiger partial charge in [0.1, 0.15) is 11.5 Å². The Bertz CT molecular complexity index is 662. The molecule has 1 aliphatic heterocycles. The lowest BCUT2D eigenvalue weighted by molar-refractivity contribution is 0.145. The molecule has 4 heteroatoms. The molecule has 0 N–H and O–H groups in total. The molecule has 1 saturated heterocycles. The molecule has 0 bridgehead atoms. The van der Waals surface area contributed by atoms with Crippen LogP contribution in [0.1, 0.15) is 56.6 Å². The highest BCUT2D eigenvalue weighted by atomic mass is 16.5. The van der Waals surface area contributed by atoms with Crippen LogP contribution in [-0.2, 0) is 0 Å². The number of piperidine rings is 1. The number of methoxy groups -OCH3 is 1. The van der Waals surface area contributed by atoms with Crippen LogP contribution < -0.4 is 9.47 Å². The summed E-state index contributed by atoms with van der Waals surface area (Å²) >= 11 is 0. The minimum Gasteiger partial charge on any atom is -0.497 e. The molecule has 0 saturated carbocycles. The summed E-state index contributed by atoms with van der Waals surface area (Å²) in [6, 6.07) is 12.7. The molecule has 2 heterocycles. The number of rotatable bonds is 10. The molecule has 1 aromatic heterocycles. The van der Waals surface area contributed by atoms with Gasteiger partial charge in [0.2, 0.25) is 0 Å². The number of aromatic nitrogens is 1. The van der Waals surface area contributed by atoms with E-state index in [0.29, 0.717) is 6.04 Å². The molecule has 2 aromatic rings. The second-order valence-corrected chi connectivity index (χ2v) is 7.28. The molecular weight excluding hydrogens is 336 g/mol. The lowest BCUT2D eigenvalue weighted by Gasteiger charge is -2.36. The van der Waals surface area contributed by atoms with Crippen molar-refractivity contribution in [2.24, 2.45) is 0 Å². The zero-order valence-electron chi connectivity index (χ0n) is 16.5. The van der Waals surface area contributed by atoms with Gasteiger partial charge in [-0.25, -0.2) is 0 Å². The average Bonchev–Trinajstić information content (AvgIpc) is 2.74. The minimum atomic E-state index is 0.559. The molecule has 1 aliphatic rings. The van der Waals surface area contributed by atoms with Crippen molar-refractivity contribution in [1.82, 2.24) is 9.88 Å². The fourth-order valence-electron chi connectivity index (χ4n) is 3.86. The average molecular weight is 369 g/mol. The Morgan fingerprint density at radius 1 is 1.04 bits per heavy atom. The molecule has 0 amide bonds. The predicted molar refractivity (Wildman–Crippen MR) is 109 cm³/mol. The van der Waals surface area contributed by atoms with Crippen molar-refractivity contribution in [2.75, 3.05) is 26.8 Å². The fraction of sp³-hybridized carbons (Fsp3) is 0.522. The summed E-state index contributed by atoms with van der Waals surface area (Å²) in [5.41, 5.74) is 1.38. The topological polar surface area (TPSA) is 34.6 Å². The van der Waals surface area contributed by atoms with Gasteiger partial charge in [-0.15, -0.1) is 0 Å². The van der Waals surface area contributed by atoms with Crippen LogP contribution in [0.4, 0.5) is 0 Å². The Hall–Kier alpha value is -2.07. The van der Waals surface area contributed by atoms with Crippen molar-refractivity contribution in [3.05, 3.63) is 54.4 Å². The number of unbranched alkanes of at least 4 members (excludes halogenated alkanes) is 3. The van der Waals surface area contributed by atoms with Crippen LogP contribution >= 0.6 is 0 Å². The van der Waals surface area contributed by atoms with Crippen molar-refractivity contribution < 1.29 is 9.47 Å². The predicted octanol–water partition coefficient (Wildman–Crippen LogP) is 5.26. The normalized spacial score (nSPS) is 17.6. The van der Waals surface area contributed by atoms with Gasteiger partial charge in [-0.05, 0) is 62.5 Å². The fourth-order valence-corrected chi connectivity index (χ4v) is 3.86. The molecule has 0 unspecified atom stereocenters. The molecule has 4 nitrogen and oxygen atoms in total. The largest absolute Gasteiger partial charge is 0.497 e. The van der Waals surface area contributed by atoms with E-state index in [1.165, 1.54) is 57.2 Å². The number of nitrogens with zero attached hydrogens (tertiary/aromatic N) is 2. The van der Waals surface area contributed by atoms with Gasteiger partial charge in [0.05, 0.1) is 13.7 Å². The standard InChI is InChI=1S/C23H32N2O2/c1-26-21-11-8-12-22(18-21)27-17-7-3-2-5-15-25-16-6-4-13-23(25)20-10-9-14-24-19-20/h8-12,14,18-19,23H,2-7,13,15-17H2,1H3/t23-/m1/s1. The highest BCUT2D eigenvalue weighted by Gasteiger charge is 2.23. The Balaban J connectivity index is 1.32. The van der Waals surface area contributed by atoms with E-state index in [9.17, 15) is 0 Å². The summed E-state index contributed by atoms with van der Waals surface area (Å²) in [7, 11) is 1.68. The van der Waals surface area contributed by atoms with Gasteiger partial charge in [-0.3, -0.25) is 9.88 Å². The van der Waals surface area contributed by atoms with E-state index in [1.807, 2.05) is 36.7 Å². The van der Waals surface area contributed by atoms with Crippen LogP contribution in [0.25, 0.3) is 0 Å². The maximum Gasteiger partial charge on any atom is 0.122 e. The molecule has 27 heavy (non-hydrogen) atoms. The molecule has 0 spiro atoms. The first kappa shape index (κ1) is 19.7. The first-order valence-electron chi connectivity index (χ1n) is 10.3. The van der Waals surface area contributed by atoms with Crippen molar-refractivity contribution in [2.45, 2.75) is 51.0 Å². The Morgan fingerprint density at radius 3 is 2.78 bits per heavy atom. The number of hydrogen-bond acceptors (Lipinski definition) is 4. The second kappa shape index (κ2) is 10.9. The Kier molecular flexibility index (Phi) is 7.97. The van der Waals surface area contributed by atoms with Gasteiger partial charge in [-0.2, -0.15) is 0 Å². The van der Waals surface area contributed by atoms with E-state index in [0.717, 1.165) is 24.5 Å². The number of hydrogen-bond donors (Lipinski definition) is 0. The SMILES string of the molecule is COc1cccc(OCCCCCCN2CCCC[C@@H]2c2cccnc2)c1. The van der Waals surface area contributed by atoms with Crippen LogP contribution in [0.2, 0.25) is 0 Å². The van der Waals surface area contributed by atoms with E-state index in [2.05, 4.69) is 22.0 Å². The monoisotopic (exact) mass is 368 g/mol. The van der Waals surface area contributed by atoms with E-state index in [1.54, 1.807) is 7.11 Å². The molecule has 3 rings (SSSR count). The summed E-state index contributed by atoms with van der Waals surface area (Å²) < 4.78 is 11.0. The zero-order valence-corrected chi connectivity index (χ0v) is 16.5. The van der Waals surface area contributed by atoms with Crippen LogP contribution in [0.5, 0.6) is 11.5 Å². The van der Waals surface area contributed by atoms with Crippen LogP contribution in [-0.4, -0.2) is 36.7 Å². The molecule has 0 radical (unpaired) electrons. The molecule has 1 fully saturated rings. The maximum atomic E-state index is 5.82. The maximum absolute atomic E-state index is 5.82. The van der Waals surface area contributed by atoms with Crippen molar-refractivity contribution >= 4 is 0 Å². The van der Waals surface area contributed by atoms with Crippen molar-refractivity contribution in [3.8, 4) is 11.5 Å². The third-order valence-corrected chi connectivity index (χ3v) is 5.33. The number of benzene rings is 1. The molecule has 146 valence electrons. The summed E-state index contributed by atoms with van der Waals surface area (Å²) in [4.78, 5) is 6.97. The molecular formula is C23H32N2O2. The molecule has 1 atom stereocenters. The second-order valence-electron chi connectivity index (χ2n) is 7.28. The van der Waals surface area contributed by atoms with Crippen molar-refractivity contribution in [1.29, 1.82) is 0 Å². The third kappa shape index (κ3) is 6.24. The highest BCUT2D eigenvalue weighted by Crippen LogP contribution is 2.30. The van der Waals surface area contributed by atoms with Crippen molar-refractivity contribution in [3.63, 3.8) is 0 Å². The van der Waals surface area contributed by atoms with Gasteiger partial charge in [-0.1, -0.05) is 31.4 Å². The third-order valence-electron chi connectivity index (χ3n) is 5.33. The number of pyridine rings is 1. The van der Waals surface area contributed by atoms with Gasteiger partial charge in [0.25, 0.3) is 0 Å². The summed E-state index contributed by atoms with van der Waals surface area (Å²) in [5, 5.41) is 0. The van der Waals surface area contributed by atoms with Gasteiger partial charge in [0, 0.05) is 24.5 Å². The first-order chi connectivity index (χ1) is 13.4. The van der Waals surface area contributed by atoms with E-state index < -0.39 is 0 Å². The zero-order chi connectivity index (χ0) is 18.7. The smallest absolute Gasteiger partial charge is 0.122 e. The van der Waals surface area contributed by atoms with Gasteiger partial charge < -0.3 is 9.47 Å². The van der Waals surface area contributed by atoms with Gasteiger partial charge in [0.15, 0.2) is 0 Å². The molecule has 0 aliphatic carbocycles. The lowest BCUT2D eigenvalue weighted by Crippen LogP contribution is -2.34. The molecule has 1 aromatic carbocycles. The highest BCUT2D eigenvalue weighted by molar-refractivity contribution is 5.32. The van der Waals surface area contributed by atoms with E-state index in [-0.39, 0.29) is 0 Å². The van der Waals surface area contributed by atoms with Crippen LogP contribution in [0.3, 0.4) is 0 Å². The summed E-state index contributed by atoms with van der Waals surface area (Å²) in [6.07, 6.45) is 12.7. The number of ether oxygens (including phenoxy) is 2. The first-order valence-corrected chi connectivity index (χ1v) is 10.3. The van der Waals surface area contributed by atoms with E-state index >= 15 is 0 Å². The summed E-state index contributed by atoms with van der Waals surface area (Å²) in [5.74, 6) is 1.74. The Morgan fingerprint density at radius 2 is 1.93 bits per heavy atom. The Labute approximate surface area is 163 Å². The minimum absolute atomic E-state index is 0.559. The number of likely N-dealkylation sites (tertiary alicyclic amines) is 1. The van der Waals surface area contributed by atoms with Crippen LogP contribution in [0, 0.1) is 0 Å². The summed E-state index contributed by atoms with van der Waals surface area (Å²) in [6.45, 7) is 3.18. The van der Waals surface area contributed by atoms with Gasteiger partial charge >= 0.3 is 0 Å². The van der Waals surface area contributed by atoms with E-state index in [4.69, 9.17) is 9.47 Å². The lowest BCUT2D eigenvalue weighted by atomic mass is 9.96. The quantitative estimate of drug-likeness (QED) is 0.536. The van der Waals surface area contributed by atoms with Crippen LogP contribution in [0.15, 0.2) is 48.8 Å².